The van der Waals surface area contributed by atoms with Crippen molar-refractivity contribution in [1.29, 1.82) is 5.26 Å². The lowest BCUT2D eigenvalue weighted by atomic mass is 10.2. The first kappa shape index (κ1) is 20.1. The second kappa shape index (κ2) is 10.7. The average Bonchev–Trinajstić information content (AvgIpc) is 2.70. The molecule has 0 spiro atoms. The zero-order chi connectivity index (χ0) is 19.5. The van der Waals surface area contributed by atoms with Crippen LogP contribution in [0.25, 0.3) is 0 Å². The number of amides is 1. The zero-order valence-electron chi connectivity index (χ0n) is 15.7. The third-order valence-electron chi connectivity index (χ3n) is 3.90. The minimum absolute atomic E-state index is 0.153. The molecule has 0 radical (unpaired) electrons. The molecule has 0 aliphatic rings. The van der Waals surface area contributed by atoms with Crippen molar-refractivity contribution in [2.45, 2.75) is 26.3 Å². The number of benzene rings is 2. The molecule has 6 heteroatoms. The number of methoxy groups -OCH3 is 1. The fourth-order valence-corrected chi connectivity index (χ4v) is 2.41. The molecule has 0 aliphatic heterocycles. The van der Waals surface area contributed by atoms with Crippen molar-refractivity contribution in [3.8, 4) is 23.3 Å². The Labute approximate surface area is 159 Å². The highest BCUT2D eigenvalue weighted by molar-refractivity contribution is 5.77. The summed E-state index contributed by atoms with van der Waals surface area (Å²) in [5, 5.41) is 11.2. The highest BCUT2D eigenvalue weighted by Gasteiger charge is 2.07. The fraction of sp³-hybridized carbons (Fsp3) is 0.333. The molecule has 0 aliphatic carbocycles. The van der Waals surface area contributed by atoms with Crippen molar-refractivity contribution in [2.75, 3.05) is 20.3 Å². The fourth-order valence-electron chi connectivity index (χ4n) is 2.41. The third kappa shape index (κ3) is 6.55. The van der Waals surface area contributed by atoms with Crippen LogP contribution in [-0.4, -0.2) is 26.2 Å². The summed E-state index contributed by atoms with van der Waals surface area (Å²) in [6.07, 6.45) is 0.848. The first-order valence-corrected chi connectivity index (χ1v) is 8.81. The largest absolute Gasteiger partial charge is 0.493 e. The molecule has 1 amide bonds. The molecule has 0 unspecified atom stereocenters. The molecule has 2 aromatic rings. The second-order valence-electron chi connectivity index (χ2n) is 5.79. The van der Waals surface area contributed by atoms with E-state index in [9.17, 15) is 4.79 Å². The van der Waals surface area contributed by atoms with E-state index >= 15 is 0 Å². The van der Waals surface area contributed by atoms with Gasteiger partial charge in [0.2, 0.25) is 5.91 Å². The highest BCUT2D eigenvalue weighted by atomic mass is 16.5. The number of rotatable bonds is 10. The molecular formula is C21H24N2O4. The molecule has 0 atom stereocenters. The van der Waals surface area contributed by atoms with Crippen molar-refractivity contribution >= 4 is 5.91 Å². The summed E-state index contributed by atoms with van der Waals surface area (Å²) in [5.41, 5.74) is 2.13. The van der Waals surface area contributed by atoms with Crippen LogP contribution >= 0.6 is 0 Å². The van der Waals surface area contributed by atoms with Crippen LogP contribution in [0.5, 0.6) is 17.2 Å². The molecule has 27 heavy (non-hydrogen) atoms. The average molecular weight is 368 g/mol. The van der Waals surface area contributed by atoms with E-state index in [1.54, 1.807) is 19.2 Å². The molecule has 2 aromatic carbocycles. The van der Waals surface area contributed by atoms with Gasteiger partial charge in [0.15, 0.2) is 11.5 Å². The van der Waals surface area contributed by atoms with Gasteiger partial charge in [-0.05, 0) is 41.8 Å². The van der Waals surface area contributed by atoms with Gasteiger partial charge in [-0.15, -0.1) is 0 Å². The number of nitrogens with one attached hydrogen (secondary N) is 1. The molecule has 0 heterocycles. The molecule has 142 valence electrons. The van der Waals surface area contributed by atoms with Gasteiger partial charge in [0.25, 0.3) is 0 Å². The van der Waals surface area contributed by atoms with Gasteiger partial charge in [0.05, 0.1) is 13.2 Å². The number of ether oxygens (including phenoxy) is 3. The van der Waals surface area contributed by atoms with Crippen LogP contribution in [0.4, 0.5) is 0 Å². The number of nitriles is 1. The lowest BCUT2D eigenvalue weighted by Crippen LogP contribution is -2.21. The lowest BCUT2D eigenvalue weighted by molar-refractivity contribution is -0.120. The Hall–Kier alpha value is -3.20. The third-order valence-corrected chi connectivity index (χ3v) is 3.90. The van der Waals surface area contributed by atoms with Gasteiger partial charge in [-0.1, -0.05) is 25.1 Å². The van der Waals surface area contributed by atoms with Gasteiger partial charge >= 0.3 is 0 Å². The minimum Gasteiger partial charge on any atom is -0.493 e. The van der Waals surface area contributed by atoms with E-state index in [0.29, 0.717) is 31.3 Å². The lowest BCUT2D eigenvalue weighted by Gasteiger charge is -2.13. The molecule has 0 bridgehead atoms. The van der Waals surface area contributed by atoms with Crippen molar-refractivity contribution < 1.29 is 19.0 Å². The van der Waals surface area contributed by atoms with Crippen molar-refractivity contribution in [3.05, 3.63) is 53.6 Å². The highest BCUT2D eigenvalue weighted by Crippen LogP contribution is 2.28. The zero-order valence-corrected chi connectivity index (χ0v) is 15.7. The summed E-state index contributed by atoms with van der Waals surface area (Å²) in [4.78, 5) is 11.4. The summed E-state index contributed by atoms with van der Waals surface area (Å²) in [5.74, 6) is 1.69. The van der Waals surface area contributed by atoms with Crippen LogP contribution in [0.1, 0.15) is 24.5 Å². The van der Waals surface area contributed by atoms with E-state index in [-0.39, 0.29) is 12.3 Å². The van der Waals surface area contributed by atoms with Gasteiger partial charge in [-0.2, -0.15) is 5.26 Å². The Morgan fingerprint density at radius 2 is 1.74 bits per heavy atom. The number of aryl methyl sites for hydroxylation is 1. The number of carbonyl (C=O) groups is 1. The maximum atomic E-state index is 11.4. The van der Waals surface area contributed by atoms with Crippen LogP contribution in [0, 0.1) is 11.3 Å². The van der Waals surface area contributed by atoms with Gasteiger partial charge in [0, 0.05) is 6.54 Å². The van der Waals surface area contributed by atoms with Crippen LogP contribution in [0.3, 0.4) is 0 Å². The number of hydrogen-bond acceptors (Lipinski definition) is 5. The van der Waals surface area contributed by atoms with Gasteiger partial charge in [-0.25, -0.2) is 0 Å². The number of carbonyl (C=O) groups excluding carboxylic acids is 1. The normalized spacial score (nSPS) is 9.96. The number of hydrogen-bond donors (Lipinski definition) is 1. The standard InChI is InChI=1S/C21H24N2O4/c1-3-16-4-7-18(8-5-16)26-12-13-27-19-9-6-17(14-20(19)25-2)15-23-21(24)10-11-22/h4-9,14H,3,10,12-13,15H2,1-2H3,(H,23,24). The Balaban J connectivity index is 1.82. The van der Waals surface area contributed by atoms with E-state index in [1.807, 2.05) is 36.4 Å². The molecule has 0 aromatic heterocycles. The van der Waals surface area contributed by atoms with Crippen molar-refractivity contribution in [2.24, 2.45) is 0 Å². The van der Waals surface area contributed by atoms with Crippen LogP contribution in [-0.2, 0) is 17.8 Å². The summed E-state index contributed by atoms with van der Waals surface area (Å²) in [6.45, 7) is 3.24. The molecule has 6 nitrogen and oxygen atoms in total. The molecule has 1 N–H and O–H groups in total. The van der Waals surface area contributed by atoms with E-state index in [4.69, 9.17) is 19.5 Å². The smallest absolute Gasteiger partial charge is 0.234 e. The molecule has 0 saturated heterocycles. The van der Waals surface area contributed by atoms with E-state index in [1.165, 1.54) is 5.56 Å². The molecule has 0 saturated carbocycles. The first-order chi connectivity index (χ1) is 13.2. The quantitative estimate of drug-likeness (QED) is 0.651. The van der Waals surface area contributed by atoms with Crippen LogP contribution in [0.15, 0.2) is 42.5 Å². The predicted molar refractivity (Wildman–Crippen MR) is 102 cm³/mol. The Morgan fingerprint density at radius 1 is 1.04 bits per heavy atom. The van der Waals surface area contributed by atoms with Gasteiger partial charge in [0.1, 0.15) is 25.4 Å². The maximum absolute atomic E-state index is 11.4. The van der Waals surface area contributed by atoms with Gasteiger partial charge in [-0.3, -0.25) is 4.79 Å². The first-order valence-electron chi connectivity index (χ1n) is 8.81. The summed E-state index contributed by atoms with van der Waals surface area (Å²) in [6, 6.07) is 15.2. The molecule has 2 rings (SSSR count). The summed E-state index contributed by atoms with van der Waals surface area (Å²) in [7, 11) is 1.56. The Bertz CT molecular complexity index is 782. The van der Waals surface area contributed by atoms with Crippen LogP contribution in [0.2, 0.25) is 0 Å². The Kier molecular flexibility index (Phi) is 7.98. The topological polar surface area (TPSA) is 80.6 Å². The van der Waals surface area contributed by atoms with Gasteiger partial charge < -0.3 is 19.5 Å². The van der Waals surface area contributed by atoms with E-state index < -0.39 is 0 Å². The monoisotopic (exact) mass is 368 g/mol. The number of nitrogens with zero attached hydrogens (tertiary/aromatic N) is 1. The van der Waals surface area contributed by atoms with E-state index in [2.05, 4.69) is 12.2 Å². The summed E-state index contributed by atoms with van der Waals surface area (Å²) < 4.78 is 16.8. The summed E-state index contributed by atoms with van der Waals surface area (Å²) >= 11 is 0. The minimum atomic E-state index is -0.305. The van der Waals surface area contributed by atoms with E-state index in [0.717, 1.165) is 17.7 Å². The SMILES string of the molecule is CCc1ccc(OCCOc2ccc(CNC(=O)CC#N)cc2OC)cc1. The van der Waals surface area contributed by atoms with Crippen LogP contribution < -0.4 is 19.5 Å². The maximum Gasteiger partial charge on any atom is 0.234 e. The second-order valence-corrected chi connectivity index (χ2v) is 5.79. The predicted octanol–water partition coefficient (Wildman–Crippen LogP) is 3.25. The Morgan fingerprint density at radius 3 is 2.41 bits per heavy atom. The molecule has 0 fully saturated rings. The van der Waals surface area contributed by atoms with Crippen molar-refractivity contribution in [1.82, 2.24) is 5.32 Å². The molecular weight excluding hydrogens is 344 g/mol. The van der Waals surface area contributed by atoms with Crippen molar-refractivity contribution in [3.63, 3.8) is 0 Å².